The standard InChI is InChI=1S/C13H21N3O/c1-11-7-9-15-13(16-11)17-10-4-6-12-5-2-3-8-14-12/h7,9,12,14H,2-6,8,10H2,1H3/t12-/m1/s1. The van der Waals surface area contributed by atoms with Crippen LogP contribution in [0.4, 0.5) is 0 Å². The minimum absolute atomic E-state index is 0.501. The molecule has 1 fully saturated rings. The molecular weight excluding hydrogens is 214 g/mol. The first-order valence-electron chi connectivity index (χ1n) is 6.50. The largest absolute Gasteiger partial charge is 0.463 e. The zero-order valence-corrected chi connectivity index (χ0v) is 10.5. The summed E-state index contributed by atoms with van der Waals surface area (Å²) in [7, 11) is 0. The van der Waals surface area contributed by atoms with Crippen LogP contribution in [-0.2, 0) is 0 Å². The molecule has 0 bridgehead atoms. The zero-order chi connectivity index (χ0) is 11.9. The predicted octanol–water partition coefficient (Wildman–Crippen LogP) is 2.09. The number of nitrogens with one attached hydrogen (secondary N) is 1. The summed E-state index contributed by atoms with van der Waals surface area (Å²) in [6, 6.07) is 3.06. The van der Waals surface area contributed by atoms with Crippen molar-refractivity contribution in [3.05, 3.63) is 18.0 Å². The average molecular weight is 235 g/mol. The molecule has 1 N–H and O–H groups in total. The van der Waals surface area contributed by atoms with E-state index in [0.717, 1.165) is 12.1 Å². The summed E-state index contributed by atoms with van der Waals surface area (Å²) in [4.78, 5) is 8.28. The van der Waals surface area contributed by atoms with Gasteiger partial charge in [0.25, 0.3) is 0 Å². The van der Waals surface area contributed by atoms with Gasteiger partial charge in [-0.25, -0.2) is 9.97 Å². The quantitative estimate of drug-likeness (QED) is 0.794. The summed E-state index contributed by atoms with van der Waals surface area (Å²) in [6.07, 6.45) is 7.98. The van der Waals surface area contributed by atoms with E-state index < -0.39 is 0 Å². The van der Waals surface area contributed by atoms with Gasteiger partial charge in [-0.3, -0.25) is 0 Å². The van der Waals surface area contributed by atoms with Gasteiger partial charge < -0.3 is 10.1 Å². The third-order valence-corrected chi connectivity index (χ3v) is 3.11. The Labute approximate surface area is 103 Å². The molecule has 1 aliphatic rings. The molecule has 4 nitrogen and oxygen atoms in total. The topological polar surface area (TPSA) is 47.0 Å². The number of ether oxygens (including phenoxy) is 1. The van der Waals surface area contributed by atoms with E-state index >= 15 is 0 Å². The lowest BCUT2D eigenvalue weighted by atomic mass is 10.0. The van der Waals surface area contributed by atoms with Gasteiger partial charge in [0.15, 0.2) is 0 Å². The van der Waals surface area contributed by atoms with Gasteiger partial charge >= 0.3 is 6.01 Å². The summed E-state index contributed by atoms with van der Waals surface area (Å²) in [5.74, 6) is 0. The van der Waals surface area contributed by atoms with Crippen molar-refractivity contribution in [3.63, 3.8) is 0 Å². The van der Waals surface area contributed by atoms with Crippen LogP contribution in [0.25, 0.3) is 0 Å². The molecular formula is C13H21N3O. The Morgan fingerprint density at radius 3 is 3.18 bits per heavy atom. The molecule has 1 atom stereocenters. The van der Waals surface area contributed by atoms with Gasteiger partial charge in [-0.15, -0.1) is 0 Å². The zero-order valence-electron chi connectivity index (χ0n) is 10.5. The second kappa shape index (κ2) is 6.55. The Morgan fingerprint density at radius 1 is 1.47 bits per heavy atom. The first-order chi connectivity index (χ1) is 8.34. The SMILES string of the molecule is Cc1ccnc(OCCC[C@H]2CCCCN2)n1. The average Bonchev–Trinajstić information content (AvgIpc) is 2.36. The van der Waals surface area contributed by atoms with E-state index in [2.05, 4.69) is 15.3 Å². The van der Waals surface area contributed by atoms with E-state index in [0.29, 0.717) is 18.7 Å². The third-order valence-electron chi connectivity index (χ3n) is 3.11. The molecule has 0 radical (unpaired) electrons. The molecule has 0 aromatic carbocycles. The Bertz CT molecular complexity index is 337. The van der Waals surface area contributed by atoms with Gasteiger partial charge in [-0.2, -0.15) is 0 Å². The molecule has 2 rings (SSSR count). The highest BCUT2D eigenvalue weighted by Gasteiger charge is 2.11. The van der Waals surface area contributed by atoms with E-state index in [9.17, 15) is 0 Å². The number of rotatable bonds is 5. The van der Waals surface area contributed by atoms with E-state index in [1.807, 2.05) is 13.0 Å². The van der Waals surface area contributed by atoms with Crippen LogP contribution in [0.15, 0.2) is 12.3 Å². The van der Waals surface area contributed by atoms with Crippen molar-refractivity contribution in [1.82, 2.24) is 15.3 Å². The highest BCUT2D eigenvalue weighted by molar-refractivity contribution is 5.02. The molecule has 17 heavy (non-hydrogen) atoms. The maximum absolute atomic E-state index is 5.53. The number of nitrogens with zero attached hydrogens (tertiary/aromatic N) is 2. The van der Waals surface area contributed by atoms with Crippen LogP contribution in [0.2, 0.25) is 0 Å². The van der Waals surface area contributed by atoms with Crippen LogP contribution in [0, 0.1) is 6.92 Å². The van der Waals surface area contributed by atoms with Crippen LogP contribution >= 0.6 is 0 Å². The van der Waals surface area contributed by atoms with Crippen molar-refractivity contribution in [3.8, 4) is 6.01 Å². The molecule has 2 heterocycles. The molecule has 0 spiro atoms. The Balaban J connectivity index is 1.62. The monoisotopic (exact) mass is 235 g/mol. The second-order valence-electron chi connectivity index (χ2n) is 4.62. The van der Waals surface area contributed by atoms with Crippen LogP contribution < -0.4 is 10.1 Å². The van der Waals surface area contributed by atoms with Crippen LogP contribution in [0.3, 0.4) is 0 Å². The highest BCUT2D eigenvalue weighted by atomic mass is 16.5. The molecule has 0 aliphatic carbocycles. The molecule has 1 aromatic rings. The lowest BCUT2D eigenvalue weighted by molar-refractivity contribution is 0.266. The molecule has 4 heteroatoms. The first kappa shape index (κ1) is 12.3. The predicted molar refractivity (Wildman–Crippen MR) is 67.1 cm³/mol. The van der Waals surface area contributed by atoms with E-state index in [-0.39, 0.29) is 0 Å². The molecule has 0 saturated carbocycles. The summed E-state index contributed by atoms with van der Waals surface area (Å²) in [5, 5.41) is 3.54. The fourth-order valence-corrected chi connectivity index (χ4v) is 2.16. The van der Waals surface area contributed by atoms with Crippen molar-refractivity contribution in [1.29, 1.82) is 0 Å². The Hall–Kier alpha value is -1.16. The van der Waals surface area contributed by atoms with Gasteiger partial charge in [0, 0.05) is 17.9 Å². The molecule has 94 valence electrons. The van der Waals surface area contributed by atoms with Crippen LogP contribution in [0.1, 0.15) is 37.8 Å². The first-order valence-corrected chi connectivity index (χ1v) is 6.50. The van der Waals surface area contributed by atoms with E-state index in [4.69, 9.17) is 4.74 Å². The number of aromatic nitrogens is 2. The maximum Gasteiger partial charge on any atom is 0.316 e. The summed E-state index contributed by atoms with van der Waals surface area (Å²) < 4.78 is 5.53. The van der Waals surface area contributed by atoms with Gasteiger partial charge in [0.1, 0.15) is 0 Å². The van der Waals surface area contributed by atoms with Crippen molar-refractivity contribution in [2.45, 2.75) is 45.1 Å². The minimum Gasteiger partial charge on any atom is -0.463 e. The van der Waals surface area contributed by atoms with E-state index in [1.54, 1.807) is 6.20 Å². The van der Waals surface area contributed by atoms with Crippen molar-refractivity contribution in [2.75, 3.05) is 13.2 Å². The minimum atomic E-state index is 0.501. The van der Waals surface area contributed by atoms with Crippen molar-refractivity contribution >= 4 is 0 Å². The number of piperidine rings is 1. The van der Waals surface area contributed by atoms with Crippen molar-refractivity contribution in [2.24, 2.45) is 0 Å². The van der Waals surface area contributed by atoms with Gasteiger partial charge in [-0.1, -0.05) is 6.42 Å². The number of hydrogen-bond donors (Lipinski definition) is 1. The van der Waals surface area contributed by atoms with Gasteiger partial charge in [0.05, 0.1) is 6.61 Å². The van der Waals surface area contributed by atoms with Crippen LogP contribution in [-0.4, -0.2) is 29.2 Å². The maximum atomic E-state index is 5.53. The Kier molecular flexibility index (Phi) is 4.74. The lowest BCUT2D eigenvalue weighted by Crippen LogP contribution is -2.34. The van der Waals surface area contributed by atoms with Crippen molar-refractivity contribution < 1.29 is 4.74 Å². The lowest BCUT2D eigenvalue weighted by Gasteiger charge is -2.23. The number of aryl methyl sites for hydroxylation is 1. The molecule has 0 unspecified atom stereocenters. The smallest absolute Gasteiger partial charge is 0.316 e. The third kappa shape index (κ3) is 4.30. The summed E-state index contributed by atoms with van der Waals surface area (Å²) >= 11 is 0. The normalized spacial score (nSPS) is 20.2. The molecule has 1 saturated heterocycles. The van der Waals surface area contributed by atoms with Crippen LogP contribution in [0.5, 0.6) is 6.01 Å². The molecule has 0 amide bonds. The highest BCUT2D eigenvalue weighted by Crippen LogP contribution is 2.12. The fraction of sp³-hybridized carbons (Fsp3) is 0.692. The number of hydrogen-bond acceptors (Lipinski definition) is 4. The summed E-state index contributed by atoms with van der Waals surface area (Å²) in [5.41, 5.74) is 0.948. The second-order valence-corrected chi connectivity index (χ2v) is 4.62. The summed E-state index contributed by atoms with van der Waals surface area (Å²) in [6.45, 7) is 3.83. The molecule has 1 aromatic heterocycles. The van der Waals surface area contributed by atoms with Gasteiger partial charge in [-0.05, 0) is 45.2 Å². The Morgan fingerprint density at radius 2 is 2.41 bits per heavy atom. The van der Waals surface area contributed by atoms with E-state index in [1.165, 1.54) is 32.2 Å². The molecule has 1 aliphatic heterocycles. The van der Waals surface area contributed by atoms with Gasteiger partial charge in [0.2, 0.25) is 0 Å². The fourth-order valence-electron chi connectivity index (χ4n) is 2.16.